The number of aliphatic imine (C=N–C) groups is 1. The number of aromatic nitrogens is 1. The van der Waals surface area contributed by atoms with Crippen molar-refractivity contribution in [1.82, 2.24) is 15.6 Å². The molecule has 0 amide bonds. The molecule has 0 fully saturated rings. The minimum Gasteiger partial charge on any atom is -0.497 e. The Morgan fingerprint density at radius 3 is 2.67 bits per heavy atom. The van der Waals surface area contributed by atoms with E-state index in [0.29, 0.717) is 12.4 Å². The van der Waals surface area contributed by atoms with E-state index in [4.69, 9.17) is 9.15 Å². The number of benzene rings is 2. The normalized spacial score (nSPS) is 11.0. The summed E-state index contributed by atoms with van der Waals surface area (Å²) in [6.07, 6.45) is 2.54. The van der Waals surface area contributed by atoms with Crippen molar-refractivity contribution in [3.8, 4) is 17.2 Å². The number of nitrogens with zero attached hydrogens (tertiary/aromatic N) is 2. The van der Waals surface area contributed by atoms with E-state index in [-0.39, 0.29) is 24.0 Å². The molecule has 2 aromatic carbocycles. The molecule has 3 aromatic rings. The van der Waals surface area contributed by atoms with Crippen molar-refractivity contribution in [3.63, 3.8) is 0 Å². The van der Waals surface area contributed by atoms with Crippen LogP contribution in [0, 0.1) is 6.92 Å². The number of oxazole rings is 1. The Labute approximate surface area is 195 Å². The molecular formula is C23H29IN4O2. The molecule has 30 heavy (non-hydrogen) atoms. The molecule has 7 heteroatoms. The summed E-state index contributed by atoms with van der Waals surface area (Å²) in [4.78, 5) is 9.16. The number of hydrogen-bond acceptors (Lipinski definition) is 4. The quantitative estimate of drug-likeness (QED) is 0.259. The number of methoxy groups -OCH3 is 1. The number of nitrogens with one attached hydrogen (secondary N) is 2. The van der Waals surface area contributed by atoms with Crippen molar-refractivity contribution in [2.75, 3.05) is 20.2 Å². The van der Waals surface area contributed by atoms with Crippen molar-refractivity contribution in [2.24, 2.45) is 4.99 Å². The van der Waals surface area contributed by atoms with Gasteiger partial charge in [0.2, 0.25) is 5.89 Å². The molecule has 0 saturated heterocycles. The van der Waals surface area contributed by atoms with Crippen molar-refractivity contribution in [3.05, 3.63) is 71.6 Å². The second kappa shape index (κ2) is 12.2. The first kappa shape index (κ1) is 23.7. The summed E-state index contributed by atoms with van der Waals surface area (Å²) in [5, 5.41) is 6.62. The van der Waals surface area contributed by atoms with Gasteiger partial charge in [-0.3, -0.25) is 0 Å². The fourth-order valence-corrected chi connectivity index (χ4v) is 2.86. The molecule has 0 spiro atoms. The van der Waals surface area contributed by atoms with Gasteiger partial charge in [0.1, 0.15) is 17.7 Å². The van der Waals surface area contributed by atoms with Crippen LogP contribution in [0.1, 0.15) is 23.7 Å². The van der Waals surface area contributed by atoms with Gasteiger partial charge in [0, 0.05) is 18.7 Å². The Bertz CT molecular complexity index is 938. The van der Waals surface area contributed by atoms with Gasteiger partial charge in [0.15, 0.2) is 5.96 Å². The van der Waals surface area contributed by atoms with Gasteiger partial charge < -0.3 is 19.8 Å². The maximum atomic E-state index is 5.61. The van der Waals surface area contributed by atoms with Crippen molar-refractivity contribution >= 4 is 29.9 Å². The van der Waals surface area contributed by atoms with Crippen LogP contribution < -0.4 is 15.4 Å². The van der Waals surface area contributed by atoms with E-state index in [1.54, 1.807) is 13.4 Å². The lowest BCUT2D eigenvalue weighted by Gasteiger charge is -2.11. The molecule has 0 aliphatic rings. The highest BCUT2D eigenvalue weighted by molar-refractivity contribution is 14.0. The third kappa shape index (κ3) is 7.05. The van der Waals surface area contributed by atoms with Crippen LogP contribution in [0.25, 0.3) is 11.5 Å². The highest BCUT2D eigenvalue weighted by Crippen LogP contribution is 2.19. The Morgan fingerprint density at radius 2 is 1.93 bits per heavy atom. The van der Waals surface area contributed by atoms with Crippen LogP contribution in [-0.4, -0.2) is 31.1 Å². The molecule has 0 radical (unpaired) electrons. The van der Waals surface area contributed by atoms with E-state index in [2.05, 4.69) is 33.6 Å². The molecule has 0 saturated carbocycles. The number of rotatable bonds is 8. The lowest BCUT2D eigenvalue weighted by atomic mass is 10.1. The van der Waals surface area contributed by atoms with Crippen LogP contribution in [0.2, 0.25) is 0 Å². The fourth-order valence-electron chi connectivity index (χ4n) is 2.86. The van der Waals surface area contributed by atoms with Crippen LogP contribution in [-0.2, 0) is 13.0 Å². The Morgan fingerprint density at radius 1 is 1.13 bits per heavy atom. The summed E-state index contributed by atoms with van der Waals surface area (Å²) >= 11 is 0. The third-order valence-electron chi connectivity index (χ3n) is 4.43. The van der Waals surface area contributed by atoms with Crippen LogP contribution in [0.3, 0.4) is 0 Å². The Balaban J connectivity index is 0.00000320. The summed E-state index contributed by atoms with van der Waals surface area (Å²) in [5.74, 6) is 2.25. The zero-order valence-corrected chi connectivity index (χ0v) is 20.0. The molecule has 1 heterocycles. The number of aryl methyl sites for hydroxylation is 1. The van der Waals surface area contributed by atoms with E-state index in [1.807, 2.05) is 49.4 Å². The fraction of sp³-hybridized carbons (Fsp3) is 0.304. The molecular weight excluding hydrogens is 491 g/mol. The first-order chi connectivity index (χ1) is 14.2. The van der Waals surface area contributed by atoms with Gasteiger partial charge in [0.05, 0.1) is 13.7 Å². The Kier molecular flexibility index (Phi) is 9.66. The zero-order valence-electron chi connectivity index (χ0n) is 17.6. The van der Waals surface area contributed by atoms with Crippen molar-refractivity contribution < 1.29 is 9.15 Å². The average Bonchev–Trinajstić information content (AvgIpc) is 3.22. The summed E-state index contributed by atoms with van der Waals surface area (Å²) in [6.45, 7) is 6.11. The van der Waals surface area contributed by atoms with Gasteiger partial charge in [-0.15, -0.1) is 24.0 Å². The van der Waals surface area contributed by atoms with E-state index in [1.165, 1.54) is 11.1 Å². The van der Waals surface area contributed by atoms with Gasteiger partial charge in [-0.05, 0) is 50.1 Å². The molecule has 6 nitrogen and oxygen atoms in total. The van der Waals surface area contributed by atoms with Crippen LogP contribution in [0.15, 0.2) is 64.2 Å². The van der Waals surface area contributed by atoms with Gasteiger partial charge in [-0.2, -0.15) is 0 Å². The van der Waals surface area contributed by atoms with E-state index in [0.717, 1.165) is 42.5 Å². The predicted octanol–water partition coefficient (Wildman–Crippen LogP) is 4.57. The van der Waals surface area contributed by atoms with E-state index < -0.39 is 0 Å². The molecule has 3 rings (SSSR count). The standard InChI is InChI=1S/C23H28N4O2.HI/c1-4-24-23(25-13-12-18-6-5-7-21(14-18)28-3)26-15-20-16-29-22(27-20)19-10-8-17(2)9-11-19;/h5-11,14,16H,4,12-13,15H2,1-3H3,(H2,24,25,26);1H. The lowest BCUT2D eigenvalue weighted by Crippen LogP contribution is -2.38. The topological polar surface area (TPSA) is 71.7 Å². The maximum absolute atomic E-state index is 5.61. The summed E-state index contributed by atoms with van der Waals surface area (Å²) < 4.78 is 10.9. The highest BCUT2D eigenvalue weighted by atomic mass is 127. The third-order valence-corrected chi connectivity index (χ3v) is 4.43. The predicted molar refractivity (Wildman–Crippen MR) is 132 cm³/mol. The van der Waals surface area contributed by atoms with Crippen LogP contribution >= 0.6 is 24.0 Å². The highest BCUT2D eigenvalue weighted by Gasteiger charge is 2.07. The van der Waals surface area contributed by atoms with Gasteiger partial charge >= 0.3 is 0 Å². The SMILES string of the molecule is CCNC(=NCc1coc(-c2ccc(C)cc2)n1)NCCc1cccc(OC)c1.I. The first-order valence-corrected chi connectivity index (χ1v) is 9.84. The van der Waals surface area contributed by atoms with Gasteiger partial charge in [-0.1, -0.05) is 29.8 Å². The van der Waals surface area contributed by atoms with Gasteiger partial charge in [0.25, 0.3) is 0 Å². The molecule has 0 bridgehead atoms. The number of hydrogen-bond donors (Lipinski definition) is 2. The first-order valence-electron chi connectivity index (χ1n) is 9.84. The lowest BCUT2D eigenvalue weighted by molar-refractivity contribution is 0.414. The zero-order chi connectivity index (χ0) is 20.5. The second-order valence-corrected chi connectivity index (χ2v) is 6.73. The van der Waals surface area contributed by atoms with Crippen LogP contribution in [0.5, 0.6) is 5.75 Å². The molecule has 1 aromatic heterocycles. The molecule has 160 valence electrons. The summed E-state index contributed by atoms with van der Waals surface area (Å²) in [5.41, 5.74) is 4.19. The van der Waals surface area contributed by atoms with E-state index in [9.17, 15) is 0 Å². The largest absolute Gasteiger partial charge is 0.497 e. The van der Waals surface area contributed by atoms with Gasteiger partial charge in [-0.25, -0.2) is 9.98 Å². The summed E-state index contributed by atoms with van der Waals surface area (Å²) in [6, 6.07) is 16.2. The number of halogens is 1. The molecule has 0 atom stereocenters. The number of ether oxygens (including phenoxy) is 1. The number of guanidine groups is 1. The minimum atomic E-state index is 0. The molecule has 2 N–H and O–H groups in total. The monoisotopic (exact) mass is 520 g/mol. The smallest absolute Gasteiger partial charge is 0.226 e. The summed E-state index contributed by atoms with van der Waals surface area (Å²) in [7, 11) is 1.68. The second-order valence-electron chi connectivity index (χ2n) is 6.73. The maximum Gasteiger partial charge on any atom is 0.226 e. The van der Waals surface area contributed by atoms with E-state index >= 15 is 0 Å². The minimum absolute atomic E-state index is 0. The molecule has 0 unspecified atom stereocenters. The molecule has 0 aliphatic heterocycles. The average molecular weight is 520 g/mol. The van der Waals surface area contributed by atoms with Crippen molar-refractivity contribution in [2.45, 2.75) is 26.8 Å². The molecule has 0 aliphatic carbocycles. The van der Waals surface area contributed by atoms with Crippen molar-refractivity contribution in [1.29, 1.82) is 0 Å². The Hall–Kier alpha value is -2.55. The van der Waals surface area contributed by atoms with Crippen LogP contribution in [0.4, 0.5) is 0 Å².